The van der Waals surface area contributed by atoms with Gasteiger partial charge in [0.25, 0.3) is 5.91 Å². The first-order valence-corrected chi connectivity index (χ1v) is 9.41. The van der Waals surface area contributed by atoms with Crippen LogP contribution >= 0.6 is 11.6 Å². The van der Waals surface area contributed by atoms with Gasteiger partial charge >= 0.3 is 0 Å². The molecule has 0 saturated heterocycles. The van der Waals surface area contributed by atoms with E-state index in [2.05, 4.69) is 15.5 Å². The summed E-state index contributed by atoms with van der Waals surface area (Å²) in [5, 5.41) is 7.49. The van der Waals surface area contributed by atoms with Gasteiger partial charge in [0.05, 0.1) is 0 Å². The molecule has 1 atom stereocenters. The Bertz CT molecular complexity index is 934. The van der Waals surface area contributed by atoms with Gasteiger partial charge in [-0.05, 0) is 44.0 Å². The zero-order valence-corrected chi connectivity index (χ0v) is 16.8. The first kappa shape index (κ1) is 19.9. The van der Waals surface area contributed by atoms with Crippen LogP contribution in [0, 0.1) is 13.8 Å². The molecule has 3 rings (SSSR count). The summed E-state index contributed by atoms with van der Waals surface area (Å²) in [6, 6.07) is 13.2. The number of hydrogen-bond donors (Lipinski definition) is 1. The highest BCUT2D eigenvalue weighted by molar-refractivity contribution is 6.32. The van der Waals surface area contributed by atoms with Gasteiger partial charge in [0.15, 0.2) is 6.10 Å². The summed E-state index contributed by atoms with van der Waals surface area (Å²) in [5.74, 6) is 1.41. The summed E-state index contributed by atoms with van der Waals surface area (Å²) in [5.41, 5.74) is 2.71. The molecule has 3 aromatic rings. The fourth-order valence-electron chi connectivity index (χ4n) is 2.73. The molecule has 146 valence electrons. The monoisotopic (exact) mass is 399 g/mol. The summed E-state index contributed by atoms with van der Waals surface area (Å²) >= 11 is 6.16. The van der Waals surface area contributed by atoms with Crippen molar-refractivity contribution < 1.29 is 14.1 Å². The fourth-order valence-corrected chi connectivity index (χ4v) is 2.84. The highest BCUT2D eigenvalue weighted by Crippen LogP contribution is 2.26. The maximum absolute atomic E-state index is 12.3. The highest BCUT2D eigenvalue weighted by Gasteiger charge is 2.16. The van der Waals surface area contributed by atoms with E-state index in [1.165, 1.54) is 0 Å². The van der Waals surface area contributed by atoms with Crippen LogP contribution in [0.4, 0.5) is 0 Å². The van der Waals surface area contributed by atoms with Crippen molar-refractivity contribution in [2.75, 3.05) is 6.54 Å². The number of rotatable bonds is 7. The van der Waals surface area contributed by atoms with Crippen molar-refractivity contribution >= 4 is 17.5 Å². The van der Waals surface area contributed by atoms with E-state index in [9.17, 15) is 4.79 Å². The molecule has 0 saturated carbocycles. The topological polar surface area (TPSA) is 77.2 Å². The lowest BCUT2D eigenvalue weighted by Gasteiger charge is -2.16. The number of amides is 1. The first-order chi connectivity index (χ1) is 13.4. The zero-order valence-electron chi connectivity index (χ0n) is 16.0. The van der Waals surface area contributed by atoms with Crippen molar-refractivity contribution in [1.29, 1.82) is 0 Å². The Balaban J connectivity index is 1.50. The number of benzene rings is 2. The van der Waals surface area contributed by atoms with Gasteiger partial charge in [-0.1, -0.05) is 47.1 Å². The minimum Gasteiger partial charge on any atom is -0.481 e. The van der Waals surface area contributed by atoms with Gasteiger partial charge < -0.3 is 14.6 Å². The van der Waals surface area contributed by atoms with Gasteiger partial charge in [-0.2, -0.15) is 4.98 Å². The highest BCUT2D eigenvalue weighted by atomic mass is 35.5. The third-order valence-electron chi connectivity index (χ3n) is 4.23. The average Bonchev–Trinajstić information content (AvgIpc) is 3.15. The van der Waals surface area contributed by atoms with Gasteiger partial charge in [-0.3, -0.25) is 4.79 Å². The van der Waals surface area contributed by atoms with Crippen LogP contribution in [0.2, 0.25) is 5.02 Å². The summed E-state index contributed by atoms with van der Waals surface area (Å²) in [4.78, 5) is 16.6. The summed E-state index contributed by atoms with van der Waals surface area (Å²) in [6.07, 6.45) is -0.195. The van der Waals surface area contributed by atoms with Gasteiger partial charge in [0.1, 0.15) is 5.75 Å². The summed E-state index contributed by atoms with van der Waals surface area (Å²) in [6.45, 7) is 5.89. The largest absolute Gasteiger partial charge is 0.481 e. The summed E-state index contributed by atoms with van der Waals surface area (Å²) < 4.78 is 11.0. The van der Waals surface area contributed by atoms with Gasteiger partial charge in [0, 0.05) is 23.6 Å². The van der Waals surface area contributed by atoms with Crippen LogP contribution in [0.25, 0.3) is 11.4 Å². The Morgan fingerprint density at radius 3 is 2.57 bits per heavy atom. The predicted molar refractivity (Wildman–Crippen MR) is 107 cm³/mol. The quantitative estimate of drug-likeness (QED) is 0.646. The molecule has 0 bridgehead atoms. The van der Waals surface area contributed by atoms with E-state index in [1.807, 2.05) is 56.3 Å². The third-order valence-corrected chi connectivity index (χ3v) is 4.83. The van der Waals surface area contributed by atoms with E-state index in [4.69, 9.17) is 20.9 Å². The van der Waals surface area contributed by atoms with Crippen LogP contribution in [0.3, 0.4) is 0 Å². The second-order valence-corrected chi connectivity index (χ2v) is 6.93. The van der Waals surface area contributed by atoms with E-state index < -0.39 is 6.10 Å². The maximum atomic E-state index is 12.3. The van der Waals surface area contributed by atoms with Gasteiger partial charge in [-0.25, -0.2) is 0 Å². The zero-order chi connectivity index (χ0) is 20.1. The molecule has 7 heteroatoms. The Morgan fingerprint density at radius 1 is 1.21 bits per heavy atom. The average molecular weight is 400 g/mol. The number of aryl methyl sites for hydroxylation is 2. The normalized spacial score (nSPS) is 11.9. The molecule has 0 aliphatic rings. The van der Waals surface area contributed by atoms with E-state index in [0.717, 1.165) is 16.7 Å². The second-order valence-electron chi connectivity index (χ2n) is 6.55. The Kier molecular flexibility index (Phi) is 6.31. The molecule has 1 amide bonds. The number of hydrogen-bond acceptors (Lipinski definition) is 5. The molecule has 0 aliphatic carbocycles. The van der Waals surface area contributed by atoms with Crippen LogP contribution in [0.5, 0.6) is 5.75 Å². The van der Waals surface area contributed by atoms with Crippen molar-refractivity contribution in [2.24, 2.45) is 0 Å². The molecule has 2 aromatic carbocycles. The number of aromatic nitrogens is 2. The van der Waals surface area contributed by atoms with Crippen molar-refractivity contribution in [1.82, 2.24) is 15.5 Å². The molecule has 6 nitrogen and oxygen atoms in total. The van der Waals surface area contributed by atoms with Crippen LogP contribution in [0.1, 0.15) is 23.9 Å². The van der Waals surface area contributed by atoms with E-state index in [-0.39, 0.29) is 5.91 Å². The van der Waals surface area contributed by atoms with Crippen molar-refractivity contribution in [3.63, 3.8) is 0 Å². The van der Waals surface area contributed by atoms with E-state index in [0.29, 0.717) is 35.5 Å². The lowest BCUT2D eigenvalue weighted by Crippen LogP contribution is -2.37. The van der Waals surface area contributed by atoms with E-state index in [1.54, 1.807) is 6.92 Å². The molecule has 1 N–H and O–H groups in total. The Hall–Kier alpha value is -2.86. The minimum atomic E-state index is -0.637. The second kappa shape index (κ2) is 8.89. The SMILES string of the molecule is Cc1cc(O[C@@H](C)C(=O)NCCc2nc(-c3ccccc3)no2)cc(C)c1Cl. The predicted octanol–water partition coefficient (Wildman–Crippen LogP) is 4.13. The minimum absolute atomic E-state index is 0.215. The Labute approximate surface area is 168 Å². The molecular weight excluding hydrogens is 378 g/mol. The molecule has 0 aliphatic heterocycles. The van der Waals surface area contributed by atoms with E-state index >= 15 is 0 Å². The van der Waals surface area contributed by atoms with Crippen molar-refractivity contribution in [2.45, 2.75) is 33.3 Å². The molecule has 1 heterocycles. The molecule has 0 fully saturated rings. The molecule has 1 aromatic heterocycles. The molecule has 0 radical (unpaired) electrons. The lowest BCUT2D eigenvalue weighted by atomic mass is 10.1. The Morgan fingerprint density at radius 2 is 1.89 bits per heavy atom. The van der Waals surface area contributed by atoms with Crippen LogP contribution in [-0.4, -0.2) is 28.7 Å². The number of halogens is 1. The van der Waals surface area contributed by atoms with Crippen LogP contribution in [0.15, 0.2) is 47.0 Å². The molecular formula is C21H22ClN3O3. The summed E-state index contributed by atoms with van der Waals surface area (Å²) in [7, 11) is 0. The molecule has 0 unspecified atom stereocenters. The lowest BCUT2D eigenvalue weighted by molar-refractivity contribution is -0.127. The fraction of sp³-hybridized carbons (Fsp3) is 0.286. The standard InChI is InChI=1S/C21H22ClN3O3/c1-13-11-17(12-14(2)19(13)22)27-15(3)21(26)23-10-9-18-24-20(25-28-18)16-7-5-4-6-8-16/h4-8,11-12,15H,9-10H2,1-3H3,(H,23,26)/t15-/m0/s1. The van der Waals surface area contributed by atoms with Crippen molar-refractivity contribution in [3.05, 3.63) is 64.5 Å². The molecule has 28 heavy (non-hydrogen) atoms. The van der Waals surface area contributed by atoms with Gasteiger partial charge in [-0.15, -0.1) is 0 Å². The number of ether oxygens (including phenoxy) is 1. The van der Waals surface area contributed by atoms with Gasteiger partial charge in [0.2, 0.25) is 11.7 Å². The smallest absolute Gasteiger partial charge is 0.260 e. The number of nitrogens with one attached hydrogen (secondary N) is 1. The maximum Gasteiger partial charge on any atom is 0.260 e. The van der Waals surface area contributed by atoms with Crippen LogP contribution in [-0.2, 0) is 11.2 Å². The number of nitrogens with zero attached hydrogens (tertiary/aromatic N) is 2. The van der Waals surface area contributed by atoms with Crippen LogP contribution < -0.4 is 10.1 Å². The third kappa shape index (κ3) is 4.89. The van der Waals surface area contributed by atoms with Crippen molar-refractivity contribution in [3.8, 4) is 17.1 Å². The number of carbonyl (C=O) groups excluding carboxylic acids is 1. The number of carbonyl (C=O) groups is 1. The molecule has 0 spiro atoms. The first-order valence-electron chi connectivity index (χ1n) is 9.03.